The Morgan fingerprint density at radius 3 is 2.74 bits per heavy atom. The average Bonchev–Trinajstić information content (AvgIpc) is 2.84. The molecule has 3 aromatic carbocycles. The Morgan fingerprint density at radius 2 is 1.94 bits per heavy atom. The van der Waals surface area contributed by atoms with Gasteiger partial charge in [-0.15, -0.1) is 0 Å². The molecule has 4 aromatic rings. The molecule has 34 heavy (non-hydrogen) atoms. The zero-order valence-corrected chi connectivity index (χ0v) is 19.2. The van der Waals surface area contributed by atoms with Gasteiger partial charge in [-0.25, -0.2) is 14.4 Å². The molecule has 0 atom stereocenters. The van der Waals surface area contributed by atoms with Crippen molar-refractivity contribution < 1.29 is 13.9 Å². The van der Waals surface area contributed by atoms with Crippen LogP contribution < -0.4 is 15.4 Å². The van der Waals surface area contributed by atoms with Crippen molar-refractivity contribution in [1.29, 1.82) is 0 Å². The summed E-state index contributed by atoms with van der Waals surface area (Å²) in [5, 5.41) is 6.77. The Hall–Kier alpha value is -3.98. The molecule has 0 fully saturated rings. The molecule has 0 saturated heterocycles. The van der Waals surface area contributed by atoms with Crippen LogP contribution in [0.1, 0.15) is 11.1 Å². The van der Waals surface area contributed by atoms with Crippen LogP contribution in [-0.4, -0.2) is 29.0 Å². The molecule has 1 aromatic heterocycles. The van der Waals surface area contributed by atoms with Crippen molar-refractivity contribution in [2.75, 3.05) is 18.5 Å². The molecule has 0 bridgehead atoms. The number of hydrogen-bond acceptors (Lipinski definition) is 7. The standard InChI is InChI=1S/C25H22FN5O2S/c1-16-11-19(31-34)13-21-24(16)25(29-15-28-21)30-20-8-7-18(26)12-22(20)33-14-23(32)27-10-9-17-5-3-2-4-6-17/h2-8,11-13,15H,9-10,14H2,1H3,(H,27,32)(H,28,29,30). The van der Waals surface area contributed by atoms with Crippen molar-refractivity contribution in [3.8, 4) is 5.75 Å². The number of rotatable bonds is 9. The van der Waals surface area contributed by atoms with Crippen LogP contribution in [-0.2, 0) is 23.6 Å². The quantitative estimate of drug-likeness (QED) is 0.357. The second-order valence-corrected chi connectivity index (χ2v) is 7.79. The highest BCUT2D eigenvalue weighted by Crippen LogP contribution is 2.33. The summed E-state index contributed by atoms with van der Waals surface area (Å²) in [7, 11) is 0. The second kappa shape index (κ2) is 10.8. The van der Waals surface area contributed by atoms with Gasteiger partial charge in [-0.2, -0.15) is 4.36 Å². The first-order valence-electron chi connectivity index (χ1n) is 10.6. The van der Waals surface area contributed by atoms with Gasteiger partial charge in [0.15, 0.2) is 6.61 Å². The normalized spacial score (nSPS) is 10.6. The summed E-state index contributed by atoms with van der Waals surface area (Å²) in [6, 6.07) is 17.5. The van der Waals surface area contributed by atoms with E-state index in [1.807, 2.05) is 43.3 Å². The minimum absolute atomic E-state index is 0.194. The fraction of sp³-hybridized carbons (Fsp3) is 0.160. The molecule has 1 amide bonds. The molecule has 4 rings (SSSR count). The molecule has 0 aliphatic heterocycles. The number of anilines is 2. The predicted octanol–water partition coefficient (Wildman–Crippen LogP) is 4.92. The number of ether oxygens (including phenoxy) is 1. The summed E-state index contributed by atoms with van der Waals surface area (Å²) in [6.45, 7) is 2.13. The summed E-state index contributed by atoms with van der Waals surface area (Å²) in [4.78, 5) is 20.9. The van der Waals surface area contributed by atoms with Gasteiger partial charge in [0.2, 0.25) is 0 Å². The topological polar surface area (TPSA) is 88.5 Å². The zero-order valence-electron chi connectivity index (χ0n) is 18.4. The van der Waals surface area contributed by atoms with Crippen molar-refractivity contribution in [3.63, 3.8) is 0 Å². The van der Waals surface area contributed by atoms with Crippen LogP contribution in [0.25, 0.3) is 10.9 Å². The lowest BCUT2D eigenvalue weighted by atomic mass is 10.1. The maximum absolute atomic E-state index is 13.9. The van der Waals surface area contributed by atoms with Crippen LogP contribution in [0.4, 0.5) is 21.6 Å². The number of hydrogen-bond donors (Lipinski definition) is 2. The van der Waals surface area contributed by atoms with Crippen LogP contribution in [0.15, 0.2) is 71.4 Å². The van der Waals surface area contributed by atoms with Crippen LogP contribution in [0.2, 0.25) is 0 Å². The second-order valence-electron chi connectivity index (χ2n) is 7.61. The minimum atomic E-state index is -0.481. The van der Waals surface area contributed by atoms with Crippen molar-refractivity contribution in [3.05, 3.63) is 83.9 Å². The first kappa shape index (κ1) is 23.2. The van der Waals surface area contributed by atoms with Crippen LogP contribution in [0.5, 0.6) is 5.75 Å². The molecular formula is C25H22FN5O2S. The lowest BCUT2D eigenvalue weighted by molar-refractivity contribution is -0.123. The number of aryl methyl sites for hydroxylation is 1. The molecule has 7 nitrogen and oxygen atoms in total. The van der Waals surface area contributed by atoms with E-state index in [9.17, 15) is 9.18 Å². The summed E-state index contributed by atoms with van der Waals surface area (Å²) >= 11 is 4.79. The zero-order chi connectivity index (χ0) is 23.9. The van der Waals surface area contributed by atoms with E-state index in [-0.39, 0.29) is 18.3 Å². The van der Waals surface area contributed by atoms with Crippen LogP contribution >= 0.6 is 0 Å². The third kappa shape index (κ3) is 5.68. The van der Waals surface area contributed by atoms with E-state index in [1.165, 1.54) is 24.5 Å². The Labute approximate surface area is 201 Å². The van der Waals surface area contributed by atoms with E-state index in [2.05, 4.69) is 25.0 Å². The van der Waals surface area contributed by atoms with Gasteiger partial charge in [-0.3, -0.25) is 4.79 Å². The molecule has 0 aliphatic carbocycles. The lowest BCUT2D eigenvalue weighted by Gasteiger charge is -2.15. The van der Waals surface area contributed by atoms with Gasteiger partial charge in [0.1, 0.15) is 23.7 Å². The highest BCUT2D eigenvalue weighted by Gasteiger charge is 2.13. The number of benzene rings is 3. The van der Waals surface area contributed by atoms with Crippen molar-refractivity contribution in [2.24, 2.45) is 4.36 Å². The van der Waals surface area contributed by atoms with Crippen molar-refractivity contribution in [2.45, 2.75) is 13.3 Å². The highest BCUT2D eigenvalue weighted by atomic mass is 32.1. The number of halogens is 1. The van der Waals surface area contributed by atoms with Crippen LogP contribution in [0.3, 0.4) is 0 Å². The summed E-state index contributed by atoms with van der Waals surface area (Å²) in [5.74, 6) is -0.0675. The number of aromatic nitrogens is 2. The lowest BCUT2D eigenvalue weighted by Crippen LogP contribution is -2.30. The van der Waals surface area contributed by atoms with E-state index in [0.29, 0.717) is 35.7 Å². The number of nitrogens with one attached hydrogen (secondary N) is 2. The maximum atomic E-state index is 13.9. The van der Waals surface area contributed by atoms with Gasteiger partial charge in [0, 0.05) is 30.4 Å². The molecule has 2 N–H and O–H groups in total. The molecule has 9 heteroatoms. The summed E-state index contributed by atoms with van der Waals surface area (Å²) in [5.41, 5.74) is 3.78. The summed E-state index contributed by atoms with van der Waals surface area (Å²) in [6.07, 6.45) is 2.13. The predicted molar refractivity (Wildman–Crippen MR) is 132 cm³/mol. The van der Waals surface area contributed by atoms with Gasteiger partial charge < -0.3 is 15.4 Å². The SMILES string of the molecule is Cc1cc(N=S)cc2ncnc(Nc3ccc(F)cc3OCC(=O)NCCc3ccccc3)c12. The third-order valence-corrected chi connectivity index (χ3v) is 5.37. The molecule has 172 valence electrons. The highest BCUT2D eigenvalue weighted by molar-refractivity contribution is 7.47. The maximum Gasteiger partial charge on any atom is 0.257 e. The van der Waals surface area contributed by atoms with E-state index in [4.69, 9.17) is 17.2 Å². The molecule has 0 radical (unpaired) electrons. The molecule has 0 aliphatic rings. The molecule has 0 spiro atoms. The third-order valence-electron chi connectivity index (χ3n) is 5.16. The van der Waals surface area contributed by atoms with Gasteiger partial charge in [0.05, 0.1) is 16.9 Å². The molecule has 0 saturated carbocycles. The van der Waals surface area contributed by atoms with Gasteiger partial charge in [-0.05, 0) is 48.7 Å². The Bertz CT molecular complexity index is 1330. The average molecular weight is 476 g/mol. The Kier molecular flexibility index (Phi) is 7.34. The minimum Gasteiger partial charge on any atom is -0.481 e. The van der Waals surface area contributed by atoms with Gasteiger partial charge in [-0.1, -0.05) is 30.3 Å². The Balaban J connectivity index is 1.46. The number of carbonyl (C=O) groups is 1. The smallest absolute Gasteiger partial charge is 0.257 e. The van der Waals surface area contributed by atoms with Crippen molar-refractivity contribution >= 4 is 46.4 Å². The van der Waals surface area contributed by atoms with E-state index < -0.39 is 5.82 Å². The first-order chi connectivity index (χ1) is 16.5. The van der Waals surface area contributed by atoms with E-state index in [1.54, 1.807) is 6.07 Å². The molecule has 1 heterocycles. The monoisotopic (exact) mass is 475 g/mol. The first-order valence-corrected chi connectivity index (χ1v) is 11.0. The van der Waals surface area contributed by atoms with Crippen LogP contribution in [0, 0.1) is 12.7 Å². The van der Waals surface area contributed by atoms with E-state index in [0.717, 1.165) is 16.5 Å². The van der Waals surface area contributed by atoms with Gasteiger partial charge >= 0.3 is 0 Å². The molecule has 0 unspecified atom stereocenters. The fourth-order valence-electron chi connectivity index (χ4n) is 3.55. The Morgan fingerprint density at radius 1 is 1.12 bits per heavy atom. The number of carbonyl (C=O) groups excluding carboxylic acids is 1. The largest absolute Gasteiger partial charge is 0.481 e. The van der Waals surface area contributed by atoms with E-state index >= 15 is 0 Å². The number of nitrogens with zero attached hydrogens (tertiary/aromatic N) is 3. The number of fused-ring (bicyclic) bond motifs is 1. The fourth-order valence-corrected chi connectivity index (χ4v) is 3.66. The summed E-state index contributed by atoms with van der Waals surface area (Å²) < 4.78 is 23.4. The molecular weight excluding hydrogens is 453 g/mol. The van der Waals surface area contributed by atoms with Crippen molar-refractivity contribution in [1.82, 2.24) is 15.3 Å². The van der Waals surface area contributed by atoms with Gasteiger partial charge in [0.25, 0.3) is 5.91 Å². The number of amides is 1.